The number of thioether (sulfide) groups is 1. The Hall–Kier alpha value is -1.28. The van der Waals surface area contributed by atoms with Crippen molar-refractivity contribution in [1.29, 1.82) is 0 Å². The van der Waals surface area contributed by atoms with Crippen LogP contribution in [0, 0.1) is 0 Å². The van der Waals surface area contributed by atoms with Crippen molar-refractivity contribution in [2.45, 2.75) is 265 Å². The number of ether oxygens (including phenoxy) is 2. The van der Waals surface area contributed by atoms with E-state index >= 15 is 0 Å². The molecule has 0 aliphatic carbocycles. The van der Waals surface area contributed by atoms with Crippen LogP contribution in [0.15, 0.2) is 0 Å². The maximum atomic E-state index is 13.5. The normalized spacial score (nSPS) is 14.3. The summed E-state index contributed by atoms with van der Waals surface area (Å²) < 4.78 is 11.9. The first-order chi connectivity index (χ1) is 28.9. The zero-order chi connectivity index (χ0) is 42.9. The number of nitrogens with zero attached hydrogens (tertiary/aromatic N) is 2. The Morgan fingerprint density at radius 1 is 0.475 bits per heavy atom. The van der Waals surface area contributed by atoms with Crippen molar-refractivity contribution in [3.63, 3.8) is 0 Å². The van der Waals surface area contributed by atoms with Crippen LogP contribution in [0.5, 0.6) is 0 Å². The monoisotopic (exact) mass is 851 g/mol. The van der Waals surface area contributed by atoms with E-state index in [1.807, 2.05) is 11.8 Å². The van der Waals surface area contributed by atoms with Crippen molar-refractivity contribution in [3.05, 3.63) is 0 Å². The van der Waals surface area contributed by atoms with Gasteiger partial charge < -0.3 is 14.4 Å². The van der Waals surface area contributed by atoms with Crippen LogP contribution in [-0.2, 0) is 23.9 Å². The largest absolute Gasteiger partial charge is 0.462 e. The average molecular weight is 851 g/mol. The van der Waals surface area contributed by atoms with Gasteiger partial charge in [0.1, 0.15) is 12.2 Å². The lowest BCUT2D eigenvalue weighted by molar-refractivity contribution is -0.150. The first-order valence-electron chi connectivity index (χ1n) is 25.9. The predicted molar refractivity (Wildman–Crippen MR) is 254 cm³/mol. The molecule has 0 spiro atoms. The second kappa shape index (κ2) is 42.0. The average Bonchev–Trinajstić information content (AvgIpc) is 3.23. The predicted octanol–water partition coefficient (Wildman–Crippen LogP) is 14.4. The molecule has 1 fully saturated rings. The number of hydrogen-bond acceptors (Lipinski definition) is 7. The number of carbonyl (C=O) groups excluding carboxylic acids is 3. The van der Waals surface area contributed by atoms with Crippen LogP contribution >= 0.6 is 11.8 Å². The van der Waals surface area contributed by atoms with Crippen LogP contribution < -0.4 is 0 Å². The minimum absolute atomic E-state index is 0.000631. The quantitative estimate of drug-likeness (QED) is 0.0447. The molecule has 2 unspecified atom stereocenters. The second-order valence-electron chi connectivity index (χ2n) is 18.0. The van der Waals surface area contributed by atoms with E-state index in [9.17, 15) is 14.4 Å². The summed E-state index contributed by atoms with van der Waals surface area (Å²) in [5.74, 6) is 2.48. The highest BCUT2D eigenvalue weighted by Gasteiger charge is 2.19. The zero-order valence-electron chi connectivity index (χ0n) is 39.7. The molecule has 1 aliphatic heterocycles. The van der Waals surface area contributed by atoms with Gasteiger partial charge in [-0.2, -0.15) is 11.8 Å². The molecule has 0 saturated carbocycles. The van der Waals surface area contributed by atoms with E-state index < -0.39 is 0 Å². The summed E-state index contributed by atoms with van der Waals surface area (Å²) in [6.45, 7) is 13.1. The molecule has 0 bridgehead atoms. The topological polar surface area (TPSA) is 76.1 Å². The van der Waals surface area contributed by atoms with E-state index in [1.165, 1.54) is 116 Å². The van der Waals surface area contributed by atoms with E-state index in [0.717, 1.165) is 134 Å². The smallest absolute Gasteiger partial charge is 0.306 e. The maximum Gasteiger partial charge on any atom is 0.306 e. The van der Waals surface area contributed by atoms with Crippen molar-refractivity contribution >= 4 is 29.6 Å². The van der Waals surface area contributed by atoms with E-state index in [-0.39, 0.29) is 30.1 Å². The first kappa shape index (κ1) is 55.7. The van der Waals surface area contributed by atoms with E-state index in [4.69, 9.17) is 9.47 Å². The van der Waals surface area contributed by atoms with E-state index in [0.29, 0.717) is 19.4 Å². The van der Waals surface area contributed by atoms with E-state index in [1.54, 1.807) is 0 Å². The van der Waals surface area contributed by atoms with Gasteiger partial charge in [0, 0.05) is 50.5 Å². The molecule has 0 N–H and O–H groups in total. The lowest BCUT2D eigenvalue weighted by Crippen LogP contribution is -2.44. The van der Waals surface area contributed by atoms with Gasteiger partial charge in [0.15, 0.2) is 0 Å². The molecule has 1 heterocycles. The van der Waals surface area contributed by atoms with Crippen molar-refractivity contribution in [1.82, 2.24) is 9.80 Å². The molecule has 1 saturated heterocycles. The second-order valence-corrected chi connectivity index (χ2v) is 19.2. The molecule has 1 aliphatic rings. The lowest BCUT2D eigenvalue weighted by Gasteiger charge is -2.29. The van der Waals surface area contributed by atoms with Gasteiger partial charge in [-0.25, -0.2) is 0 Å². The molecule has 0 aromatic carbocycles. The van der Waals surface area contributed by atoms with Gasteiger partial charge in [-0.1, -0.05) is 169 Å². The number of hydrogen-bond donors (Lipinski definition) is 0. The van der Waals surface area contributed by atoms with Crippen LogP contribution in [0.4, 0.5) is 0 Å². The SMILES string of the molecule is CCCCCCCCCC(CCCCCCCC)OC(=O)CCCCCCCN(CCCCCCCC(=O)OC(CC)CCCCCCCC)C(=O)CN1CCSCC1. The summed E-state index contributed by atoms with van der Waals surface area (Å²) in [6.07, 6.45) is 39.7. The molecule has 8 heteroatoms. The molecular formula is C51H98N2O5S. The molecule has 0 aromatic heterocycles. The first-order valence-corrected chi connectivity index (χ1v) is 27.1. The van der Waals surface area contributed by atoms with Gasteiger partial charge in [0.05, 0.1) is 6.54 Å². The van der Waals surface area contributed by atoms with Crippen molar-refractivity contribution in [2.24, 2.45) is 0 Å². The van der Waals surface area contributed by atoms with Gasteiger partial charge in [0.2, 0.25) is 5.91 Å². The molecule has 1 amide bonds. The fourth-order valence-electron chi connectivity index (χ4n) is 8.35. The van der Waals surface area contributed by atoms with Crippen molar-refractivity contribution in [2.75, 3.05) is 44.2 Å². The summed E-state index contributed by atoms with van der Waals surface area (Å²) in [5, 5.41) is 0. The number of amides is 1. The third-order valence-corrected chi connectivity index (χ3v) is 13.3. The van der Waals surface area contributed by atoms with Gasteiger partial charge in [0.25, 0.3) is 0 Å². The zero-order valence-corrected chi connectivity index (χ0v) is 40.5. The molecule has 0 radical (unpaired) electrons. The molecule has 2 atom stereocenters. The molecule has 0 aromatic rings. The van der Waals surface area contributed by atoms with Crippen LogP contribution in [-0.4, -0.2) is 84.1 Å². The van der Waals surface area contributed by atoms with Gasteiger partial charge in [-0.3, -0.25) is 19.3 Å². The van der Waals surface area contributed by atoms with Gasteiger partial charge >= 0.3 is 11.9 Å². The summed E-state index contributed by atoms with van der Waals surface area (Å²) >= 11 is 1.98. The molecular weight excluding hydrogens is 753 g/mol. The highest BCUT2D eigenvalue weighted by Crippen LogP contribution is 2.20. The Labute approximate surface area is 370 Å². The maximum absolute atomic E-state index is 13.5. The minimum Gasteiger partial charge on any atom is -0.462 e. The Bertz CT molecular complexity index is 960. The molecule has 348 valence electrons. The Morgan fingerprint density at radius 3 is 1.25 bits per heavy atom. The van der Waals surface area contributed by atoms with Gasteiger partial charge in [-0.15, -0.1) is 0 Å². The van der Waals surface area contributed by atoms with Crippen LogP contribution in [0.25, 0.3) is 0 Å². The summed E-state index contributed by atoms with van der Waals surface area (Å²) in [5.41, 5.74) is 0. The summed E-state index contributed by atoms with van der Waals surface area (Å²) in [6, 6.07) is 0. The third-order valence-electron chi connectivity index (χ3n) is 12.4. The van der Waals surface area contributed by atoms with Crippen molar-refractivity contribution < 1.29 is 23.9 Å². The van der Waals surface area contributed by atoms with Gasteiger partial charge in [-0.05, 0) is 70.6 Å². The fraction of sp³-hybridized carbons (Fsp3) is 0.941. The lowest BCUT2D eigenvalue weighted by atomic mass is 10.0. The van der Waals surface area contributed by atoms with Crippen molar-refractivity contribution in [3.8, 4) is 0 Å². The van der Waals surface area contributed by atoms with Crippen LogP contribution in [0.2, 0.25) is 0 Å². The fourth-order valence-corrected chi connectivity index (χ4v) is 9.33. The number of unbranched alkanes of at least 4 members (excludes halogenated alkanes) is 24. The minimum atomic E-state index is -0.0304. The van der Waals surface area contributed by atoms with Crippen LogP contribution in [0.1, 0.15) is 252 Å². The van der Waals surface area contributed by atoms with E-state index in [2.05, 4.69) is 37.5 Å². The van der Waals surface area contributed by atoms with Crippen LogP contribution in [0.3, 0.4) is 0 Å². The Morgan fingerprint density at radius 2 is 0.831 bits per heavy atom. The summed E-state index contributed by atoms with van der Waals surface area (Å²) in [4.78, 5) is 43.3. The molecule has 59 heavy (non-hydrogen) atoms. The Kier molecular flexibility index (Phi) is 39.7. The number of esters is 2. The highest BCUT2D eigenvalue weighted by atomic mass is 32.2. The Balaban J connectivity index is 2.36. The number of rotatable bonds is 43. The molecule has 7 nitrogen and oxygen atoms in total. The highest BCUT2D eigenvalue weighted by molar-refractivity contribution is 7.99. The molecule has 1 rings (SSSR count). The standard InChI is InChI=1S/C51H98N2O5S/c1-5-9-12-15-18-23-30-37-48(36-29-22-17-14-11-7-3)58-51(56)39-32-25-20-27-34-41-53(49(54)46-52-42-44-59-45-43-52)40-33-26-19-24-31-38-50(55)57-47(8-4)35-28-21-16-13-10-6-2/h47-48H,5-46H2,1-4H3. The summed E-state index contributed by atoms with van der Waals surface area (Å²) in [7, 11) is 0. The number of carbonyl (C=O) groups is 3. The third kappa shape index (κ3) is 34.9.